The zero-order chi connectivity index (χ0) is 16.5. The Morgan fingerprint density at radius 1 is 1.36 bits per heavy atom. The van der Waals surface area contributed by atoms with E-state index in [-0.39, 0.29) is 24.4 Å². The number of nitrogens with zero attached hydrogens (tertiary/aromatic N) is 3. The third-order valence-corrected chi connectivity index (χ3v) is 6.75. The summed E-state index contributed by atoms with van der Waals surface area (Å²) in [6.07, 6.45) is 2.07. The number of nitrogens with one attached hydrogen (secondary N) is 1. The average molecular weight is 328 g/mol. The van der Waals surface area contributed by atoms with E-state index in [0.29, 0.717) is 18.8 Å². The molecule has 0 spiro atoms. The Balaban J connectivity index is 2.09. The molecule has 1 aliphatic rings. The summed E-state index contributed by atoms with van der Waals surface area (Å²) >= 11 is 0. The number of anilines is 1. The van der Waals surface area contributed by atoms with E-state index in [4.69, 9.17) is 0 Å². The maximum atomic E-state index is 12.4. The van der Waals surface area contributed by atoms with Crippen molar-refractivity contribution in [2.24, 2.45) is 0 Å². The van der Waals surface area contributed by atoms with Crippen molar-refractivity contribution in [1.82, 2.24) is 14.7 Å². The molecule has 0 radical (unpaired) electrons. The predicted molar refractivity (Wildman–Crippen MR) is 85.7 cm³/mol. The van der Waals surface area contributed by atoms with Gasteiger partial charge < -0.3 is 4.90 Å². The maximum absolute atomic E-state index is 12.4. The first-order valence-corrected chi connectivity index (χ1v) is 9.11. The molecule has 2 rings (SSSR count). The Morgan fingerprint density at radius 3 is 2.68 bits per heavy atom. The smallest absolute Gasteiger partial charge is 0.323 e. The topological polar surface area (TPSA) is 84.3 Å². The van der Waals surface area contributed by atoms with Crippen molar-refractivity contribution in [2.45, 2.75) is 44.9 Å². The molecule has 2 heterocycles. The number of rotatable bonds is 2. The van der Waals surface area contributed by atoms with E-state index in [1.54, 1.807) is 35.7 Å². The van der Waals surface area contributed by atoms with Gasteiger partial charge in [-0.3, -0.25) is 5.32 Å². The van der Waals surface area contributed by atoms with E-state index in [2.05, 4.69) is 10.4 Å². The first-order valence-electron chi connectivity index (χ1n) is 7.46. The van der Waals surface area contributed by atoms with Gasteiger partial charge in [-0.05, 0) is 34.1 Å². The number of hydrogen-bond acceptors (Lipinski definition) is 4. The van der Waals surface area contributed by atoms with Crippen LogP contribution in [0.3, 0.4) is 0 Å². The van der Waals surface area contributed by atoms with Crippen LogP contribution in [0, 0.1) is 0 Å². The van der Waals surface area contributed by atoms with Crippen molar-refractivity contribution in [1.29, 1.82) is 0 Å². The lowest BCUT2D eigenvalue weighted by atomic mass is 10.1. The normalized spacial score (nSPS) is 20.7. The summed E-state index contributed by atoms with van der Waals surface area (Å²) in [6, 6.07) is 1.58. The number of urea groups is 1. The highest BCUT2D eigenvalue weighted by Crippen LogP contribution is 2.25. The van der Waals surface area contributed by atoms with Crippen molar-refractivity contribution >= 4 is 21.7 Å². The first-order chi connectivity index (χ1) is 10.1. The predicted octanol–water partition coefficient (Wildman–Crippen LogP) is 1.90. The number of hydrogen-bond donors (Lipinski definition) is 1. The zero-order valence-electron chi connectivity index (χ0n) is 13.5. The molecule has 1 saturated heterocycles. The van der Waals surface area contributed by atoms with E-state index in [0.717, 1.165) is 0 Å². The number of aromatic nitrogens is 2. The summed E-state index contributed by atoms with van der Waals surface area (Å²) in [5.41, 5.74) is 0. The molecule has 1 aromatic heterocycles. The van der Waals surface area contributed by atoms with Gasteiger partial charge in [-0.1, -0.05) is 0 Å². The van der Waals surface area contributed by atoms with E-state index in [1.165, 1.54) is 0 Å². The van der Waals surface area contributed by atoms with Gasteiger partial charge in [0, 0.05) is 25.2 Å². The fraction of sp³-hybridized carbons (Fsp3) is 0.714. The summed E-state index contributed by atoms with van der Waals surface area (Å²) in [7, 11) is -3.19. The molecule has 0 bridgehead atoms. The highest BCUT2D eigenvalue weighted by molar-refractivity contribution is 7.92. The van der Waals surface area contributed by atoms with Crippen molar-refractivity contribution in [3.8, 4) is 0 Å². The van der Waals surface area contributed by atoms with Crippen LogP contribution in [0.2, 0.25) is 0 Å². The molecule has 1 N–H and O–H groups in total. The molecule has 7 nitrogen and oxygen atoms in total. The van der Waals surface area contributed by atoms with E-state index in [9.17, 15) is 13.2 Å². The van der Waals surface area contributed by atoms with Gasteiger partial charge in [0.25, 0.3) is 0 Å². The molecule has 0 aromatic carbocycles. The minimum absolute atomic E-state index is 0.00311. The molecular weight excluding hydrogens is 304 g/mol. The summed E-state index contributed by atoms with van der Waals surface area (Å²) in [6.45, 7) is 8.03. The molecule has 0 atom stereocenters. The summed E-state index contributed by atoms with van der Waals surface area (Å²) in [5, 5.41) is 6.98. The Labute approximate surface area is 131 Å². The van der Waals surface area contributed by atoms with Crippen LogP contribution in [0.1, 0.15) is 40.2 Å². The van der Waals surface area contributed by atoms with Gasteiger partial charge in [0.15, 0.2) is 9.84 Å². The summed E-state index contributed by atoms with van der Waals surface area (Å²) in [5.74, 6) is 0.614. The van der Waals surface area contributed by atoms with Crippen molar-refractivity contribution in [2.75, 3.05) is 24.2 Å². The van der Waals surface area contributed by atoms with Crippen molar-refractivity contribution < 1.29 is 13.2 Å². The molecular formula is C14H24N4O3S. The molecule has 2 amide bonds. The molecule has 1 fully saturated rings. The molecule has 1 aliphatic heterocycles. The molecule has 0 saturated carbocycles. The lowest BCUT2D eigenvalue weighted by Gasteiger charge is -2.23. The summed E-state index contributed by atoms with van der Waals surface area (Å²) in [4.78, 5) is 14.0. The minimum atomic E-state index is -3.19. The average Bonchev–Trinajstić information content (AvgIpc) is 2.82. The minimum Gasteiger partial charge on any atom is -0.323 e. The fourth-order valence-corrected chi connectivity index (χ4v) is 3.81. The largest absolute Gasteiger partial charge is 0.323 e. The fourth-order valence-electron chi connectivity index (χ4n) is 2.39. The standard InChI is InChI=1S/C14H24N4O3S/c1-11(2)18-12(5-7-15-18)16-13(19)17-8-6-14(3,4)22(20,21)10-9-17/h5,7,11H,6,8-10H2,1-4H3,(H,16,19). The maximum Gasteiger partial charge on any atom is 0.323 e. The molecule has 8 heteroatoms. The van der Waals surface area contributed by atoms with Crippen LogP contribution in [0.25, 0.3) is 0 Å². The van der Waals surface area contributed by atoms with E-state index < -0.39 is 14.6 Å². The first kappa shape index (κ1) is 16.8. The van der Waals surface area contributed by atoms with Crippen molar-refractivity contribution in [3.05, 3.63) is 12.3 Å². The van der Waals surface area contributed by atoms with E-state index in [1.807, 2.05) is 13.8 Å². The van der Waals surface area contributed by atoms with Gasteiger partial charge in [-0.15, -0.1) is 0 Å². The number of sulfone groups is 1. The Bertz CT molecular complexity index is 649. The third kappa shape index (κ3) is 3.26. The van der Waals surface area contributed by atoms with Gasteiger partial charge in [0.2, 0.25) is 0 Å². The van der Waals surface area contributed by atoms with Gasteiger partial charge in [-0.2, -0.15) is 5.10 Å². The third-order valence-electron chi connectivity index (χ3n) is 4.14. The van der Waals surface area contributed by atoms with Crippen molar-refractivity contribution in [3.63, 3.8) is 0 Å². The van der Waals surface area contributed by atoms with Gasteiger partial charge in [0.05, 0.1) is 16.7 Å². The van der Waals surface area contributed by atoms with Crippen LogP contribution in [-0.2, 0) is 9.84 Å². The lowest BCUT2D eigenvalue weighted by molar-refractivity contribution is 0.214. The molecule has 22 heavy (non-hydrogen) atoms. The van der Waals surface area contributed by atoms with Crippen LogP contribution < -0.4 is 5.32 Å². The van der Waals surface area contributed by atoms with Crippen LogP contribution in [0.5, 0.6) is 0 Å². The lowest BCUT2D eigenvalue weighted by Crippen LogP contribution is -2.37. The monoisotopic (exact) mass is 328 g/mol. The highest BCUT2D eigenvalue weighted by atomic mass is 32.2. The van der Waals surface area contributed by atoms with Crippen LogP contribution >= 0.6 is 0 Å². The number of carbonyl (C=O) groups excluding carboxylic acids is 1. The number of amides is 2. The SMILES string of the molecule is CC(C)n1nccc1NC(=O)N1CCC(C)(C)S(=O)(=O)CC1. The second-order valence-corrected chi connectivity index (χ2v) is 9.24. The Kier molecular flexibility index (Phi) is 4.51. The highest BCUT2D eigenvalue weighted by Gasteiger charge is 2.38. The van der Waals surface area contributed by atoms with Gasteiger partial charge in [0.1, 0.15) is 5.82 Å². The van der Waals surface area contributed by atoms with Gasteiger partial charge >= 0.3 is 6.03 Å². The van der Waals surface area contributed by atoms with Gasteiger partial charge in [-0.25, -0.2) is 17.9 Å². The molecule has 1 aromatic rings. The molecule has 124 valence electrons. The second-order valence-electron chi connectivity index (χ2n) is 6.50. The Hall–Kier alpha value is -1.57. The van der Waals surface area contributed by atoms with Crippen LogP contribution in [-0.4, -0.2) is 52.7 Å². The zero-order valence-corrected chi connectivity index (χ0v) is 14.4. The Morgan fingerprint density at radius 2 is 2.05 bits per heavy atom. The molecule has 0 aliphatic carbocycles. The quantitative estimate of drug-likeness (QED) is 0.898. The number of carbonyl (C=O) groups is 1. The van der Waals surface area contributed by atoms with Crippen LogP contribution in [0.15, 0.2) is 12.3 Å². The summed E-state index contributed by atoms with van der Waals surface area (Å²) < 4.78 is 25.3. The molecule has 0 unspecified atom stereocenters. The van der Waals surface area contributed by atoms with Crippen LogP contribution in [0.4, 0.5) is 10.6 Å². The second kappa shape index (κ2) is 5.91. The van der Waals surface area contributed by atoms with E-state index >= 15 is 0 Å².